The van der Waals surface area contributed by atoms with Crippen molar-refractivity contribution in [2.75, 3.05) is 11.9 Å². The predicted molar refractivity (Wildman–Crippen MR) is 75.5 cm³/mol. The number of hydrogen-bond donors (Lipinski definition) is 2. The van der Waals surface area contributed by atoms with Gasteiger partial charge in [0.1, 0.15) is 4.90 Å². The number of sulfonamides is 1. The van der Waals surface area contributed by atoms with E-state index in [1.807, 2.05) is 12.1 Å². The summed E-state index contributed by atoms with van der Waals surface area (Å²) in [5, 5.41) is 3.29. The van der Waals surface area contributed by atoms with Gasteiger partial charge in [-0.3, -0.25) is 0 Å². The molecule has 0 heterocycles. The zero-order valence-electron chi connectivity index (χ0n) is 11.1. The fraction of sp³-hybridized carbons (Fsp3) is 0.571. The molecule has 2 aliphatic carbocycles. The Morgan fingerprint density at radius 1 is 1.26 bits per heavy atom. The van der Waals surface area contributed by atoms with E-state index in [-0.39, 0.29) is 6.04 Å². The van der Waals surface area contributed by atoms with Crippen LogP contribution in [0.1, 0.15) is 26.2 Å². The first-order valence-electron chi connectivity index (χ1n) is 6.91. The normalized spacial score (nSPS) is 26.2. The Morgan fingerprint density at radius 2 is 1.95 bits per heavy atom. The standard InChI is InChI=1S/C14H20N2O2S/c1-10-8-11(10)9-15-13-4-2-3-5-14(13)19(17,18)16-12-6-7-12/h2-5,10-12,15-16H,6-9H2,1H3. The summed E-state index contributed by atoms with van der Waals surface area (Å²) in [6.07, 6.45) is 3.14. The quantitative estimate of drug-likeness (QED) is 0.840. The van der Waals surface area contributed by atoms with Crippen LogP contribution in [-0.4, -0.2) is 21.0 Å². The van der Waals surface area contributed by atoms with Crippen molar-refractivity contribution in [1.82, 2.24) is 4.72 Å². The maximum Gasteiger partial charge on any atom is 0.242 e. The van der Waals surface area contributed by atoms with Gasteiger partial charge in [0, 0.05) is 12.6 Å². The van der Waals surface area contributed by atoms with Gasteiger partial charge < -0.3 is 5.32 Å². The molecule has 1 aromatic rings. The van der Waals surface area contributed by atoms with Crippen LogP contribution in [0, 0.1) is 11.8 Å². The van der Waals surface area contributed by atoms with Gasteiger partial charge in [-0.2, -0.15) is 0 Å². The molecule has 0 aromatic heterocycles. The Labute approximate surface area is 114 Å². The highest BCUT2D eigenvalue weighted by Gasteiger charge is 2.33. The summed E-state index contributed by atoms with van der Waals surface area (Å²) in [6.45, 7) is 3.08. The van der Waals surface area contributed by atoms with Gasteiger partial charge in [-0.15, -0.1) is 0 Å². The molecule has 0 spiro atoms. The van der Waals surface area contributed by atoms with E-state index in [1.165, 1.54) is 6.42 Å². The van der Waals surface area contributed by atoms with Gasteiger partial charge >= 0.3 is 0 Å². The molecule has 5 heteroatoms. The van der Waals surface area contributed by atoms with E-state index < -0.39 is 10.0 Å². The number of para-hydroxylation sites is 1. The second-order valence-corrected chi connectivity index (χ2v) is 7.43. The minimum atomic E-state index is -3.38. The lowest BCUT2D eigenvalue weighted by Gasteiger charge is -2.12. The second-order valence-electron chi connectivity index (χ2n) is 5.75. The largest absolute Gasteiger partial charge is 0.384 e. The van der Waals surface area contributed by atoms with E-state index in [0.29, 0.717) is 10.8 Å². The van der Waals surface area contributed by atoms with Gasteiger partial charge in [-0.05, 0) is 43.2 Å². The molecule has 0 amide bonds. The van der Waals surface area contributed by atoms with Gasteiger partial charge in [-0.25, -0.2) is 13.1 Å². The summed E-state index contributed by atoms with van der Waals surface area (Å²) in [7, 11) is -3.38. The lowest BCUT2D eigenvalue weighted by molar-refractivity contribution is 0.581. The third-order valence-corrected chi connectivity index (χ3v) is 5.49. The Bertz CT molecular complexity index is 567. The van der Waals surface area contributed by atoms with Crippen LogP contribution in [0.15, 0.2) is 29.2 Å². The van der Waals surface area contributed by atoms with Crippen molar-refractivity contribution in [3.05, 3.63) is 24.3 Å². The molecular weight excluding hydrogens is 260 g/mol. The highest BCUT2D eigenvalue weighted by molar-refractivity contribution is 7.89. The molecule has 3 rings (SSSR count). The molecule has 19 heavy (non-hydrogen) atoms. The monoisotopic (exact) mass is 280 g/mol. The summed E-state index contributed by atoms with van der Waals surface area (Å²) < 4.78 is 27.3. The highest BCUT2D eigenvalue weighted by atomic mass is 32.2. The zero-order chi connectivity index (χ0) is 13.5. The highest BCUT2D eigenvalue weighted by Crippen LogP contribution is 2.38. The molecule has 2 N–H and O–H groups in total. The van der Waals surface area contributed by atoms with Crippen molar-refractivity contribution in [2.24, 2.45) is 11.8 Å². The first-order valence-corrected chi connectivity index (χ1v) is 8.40. The third-order valence-electron chi connectivity index (χ3n) is 3.91. The van der Waals surface area contributed by atoms with E-state index in [9.17, 15) is 8.42 Å². The fourth-order valence-corrected chi connectivity index (χ4v) is 3.74. The molecule has 0 aliphatic heterocycles. The number of rotatable bonds is 6. The average molecular weight is 280 g/mol. The molecular formula is C14H20N2O2S. The molecule has 2 aliphatic rings. The number of nitrogens with one attached hydrogen (secondary N) is 2. The van der Waals surface area contributed by atoms with Gasteiger partial charge in [0.05, 0.1) is 5.69 Å². The van der Waals surface area contributed by atoms with Crippen molar-refractivity contribution in [2.45, 2.75) is 37.1 Å². The molecule has 0 saturated heterocycles. The van der Waals surface area contributed by atoms with Crippen LogP contribution < -0.4 is 10.0 Å². The Balaban J connectivity index is 1.75. The molecule has 4 nitrogen and oxygen atoms in total. The second kappa shape index (κ2) is 4.80. The molecule has 0 radical (unpaired) electrons. The molecule has 2 saturated carbocycles. The molecule has 2 fully saturated rings. The first kappa shape index (κ1) is 12.9. The smallest absolute Gasteiger partial charge is 0.242 e. The van der Waals surface area contributed by atoms with Gasteiger partial charge in [0.15, 0.2) is 0 Å². The molecule has 1 aromatic carbocycles. The summed E-state index contributed by atoms with van der Waals surface area (Å²) in [5.41, 5.74) is 0.717. The van der Waals surface area contributed by atoms with Crippen LogP contribution in [0.5, 0.6) is 0 Å². The molecule has 104 valence electrons. The lowest BCUT2D eigenvalue weighted by atomic mass is 10.3. The van der Waals surface area contributed by atoms with E-state index in [1.54, 1.807) is 12.1 Å². The maximum atomic E-state index is 12.3. The van der Waals surface area contributed by atoms with Gasteiger partial charge in [0.25, 0.3) is 0 Å². The minimum absolute atomic E-state index is 0.140. The van der Waals surface area contributed by atoms with E-state index in [4.69, 9.17) is 0 Å². The third kappa shape index (κ3) is 3.09. The number of hydrogen-bond acceptors (Lipinski definition) is 3. The number of benzene rings is 1. The van der Waals surface area contributed by atoms with Crippen molar-refractivity contribution in [3.8, 4) is 0 Å². The van der Waals surface area contributed by atoms with Crippen molar-refractivity contribution >= 4 is 15.7 Å². The van der Waals surface area contributed by atoms with Crippen LogP contribution in [0.2, 0.25) is 0 Å². The van der Waals surface area contributed by atoms with Crippen LogP contribution in [0.4, 0.5) is 5.69 Å². The van der Waals surface area contributed by atoms with E-state index >= 15 is 0 Å². The maximum absolute atomic E-state index is 12.3. The van der Waals surface area contributed by atoms with Crippen LogP contribution in [-0.2, 0) is 10.0 Å². The average Bonchev–Trinajstić information content (AvgIpc) is 3.27. The molecule has 0 bridgehead atoms. The van der Waals surface area contributed by atoms with Crippen LogP contribution in [0.25, 0.3) is 0 Å². The summed E-state index contributed by atoms with van der Waals surface area (Å²) >= 11 is 0. The first-order chi connectivity index (χ1) is 9.06. The van der Waals surface area contributed by atoms with Crippen molar-refractivity contribution in [3.63, 3.8) is 0 Å². The zero-order valence-corrected chi connectivity index (χ0v) is 11.9. The molecule has 2 atom stereocenters. The summed E-state index contributed by atoms with van der Waals surface area (Å²) in [6, 6.07) is 7.29. The topological polar surface area (TPSA) is 58.2 Å². The fourth-order valence-electron chi connectivity index (χ4n) is 2.26. The SMILES string of the molecule is CC1CC1CNc1ccccc1S(=O)(=O)NC1CC1. The summed E-state index contributed by atoms with van der Waals surface area (Å²) in [4.78, 5) is 0.371. The van der Waals surface area contributed by atoms with Gasteiger partial charge in [0.2, 0.25) is 10.0 Å². The summed E-state index contributed by atoms with van der Waals surface area (Å²) in [5.74, 6) is 1.45. The Morgan fingerprint density at radius 3 is 2.58 bits per heavy atom. The Kier molecular flexibility index (Phi) is 3.27. The van der Waals surface area contributed by atoms with E-state index in [2.05, 4.69) is 17.0 Å². The molecule has 2 unspecified atom stereocenters. The van der Waals surface area contributed by atoms with Crippen molar-refractivity contribution in [1.29, 1.82) is 0 Å². The predicted octanol–water partition coefficient (Wildman–Crippen LogP) is 2.20. The Hall–Kier alpha value is -1.07. The van der Waals surface area contributed by atoms with Gasteiger partial charge in [-0.1, -0.05) is 19.1 Å². The van der Waals surface area contributed by atoms with Crippen LogP contribution in [0.3, 0.4) is 0 Å². The lowest BCUT2D eigenvalue weighted by Crippen LogP contribution is -2.26. The number of anilines is 1. The van der Waals surface area contributed by atoms with Crippen LogP contribution >= 0.6 is 0 Å². The van der Waals surface area contributed by atoms with E-state index in [0.717, 1.165) is 31.0 Å². The van der Waals surface area contributed by atoms with Crippen molar-refractivity contribution < 1.29 is 8.42 Å². The minimum Gasteiger partial charge on any atom is -0.384 e.